The Kier molecular flexibility index (Phi) is 3.94. The molecule has 4 nitrogen and oxygen atoms in total. The molecule has 0 heterocycles. The molecule has 2 aromatic carbocycles. The lowest BCUT2D eigenvalue weighted by atomic mass is 9.86. The van der Waals surface area contributed by atoms with Crippen LogP contribution in [0.2, 0.25) is 0 Å². The molecule has 104 valence electrons. The number of carbonyl (C=O) groups is 1. The summed E-state index contributed by atoms with van der Waals surface area (Å²) in [6.07, 6.45) is 0.502. The topological polar surface area (TPSA) is 75.3 Å². The second kappa shape index (κ2) is 5.65. The number of benzene rings is 2. The third kappa shape index (κ3) is 2.59. The highest BCUT2D eigenvalue weighted by Gasteiger charge is 2.36. The van der Waals surface area contributed by atoms with E-state index in [0.29, 0.717) is 6.42 Å². The first-order chi connectivity index (χ1) is 9.58. The summed E-state index contributed by atoms with van der Waals surface area (Å²) in [6.45, 7) is 1.90. The summed E-state index contributed by atoms with van der Waals surface area (Å²) in [4.78, 5) is 12.0. The fraction of sp³-hybridized carbons (Fsp3) is 0.188. The van der Waals surface area contributed by atoms with Crippen LogP contribution in [-0.2, 0) is 10.3 Å². The van der Waals surface area contributed by atoms with Crippen molar-refractivity contribution in [2.45, 2.75) is 18.9 Å². The van der Waals surface area contributed by atoms with Gasteiger partial charge < -0.3 is 16.2 Å². The molecule has 0 saturated heterocycles. The van der Waals surface area contributed by atoms with Crippen LogP contribution in [0.15, 0.2) is 54.6 Å². The molecule has 0 radical (unpaired) electrons. The van der Waals surface area contributed by atoms with Crippen LogP contribution in [0.3, 0.4) is 0 Å². The van der Waals surface area contributed by atoms with Gasteiger partial charge in [0.2, 0.25) is 5.91 Å². The van der Waals surface area contributed by atoms with Gasteiger partial charge in [-0.3, -0.25) is 4.79 Å². The molecule has 0 aliphatic heterocycles. The van der Waals surface area contributed by atoms with E-state index in [0.717, 1.165) is 11.3 Å². The standard InChI is InChI=1S/C16H18N2O2/c1-2-16(15(17)20,12-8-10-14(19)11-9-12)18-13-6-4-3-5-7-13/h3-11,18-19H,2H2,1H3,(H2,17,20). The molecular formula is C16H18N2O2. The van der Waals surface area contributed by atoms with Crippen LogP contribution in [0, 0.1) is 0 Å². The number of para-hydroxylation sites is 1. The maximum absolute atomic E-state index is 12.0. The third-order valence-electron chi connectivity index (χ3n) is 3.44. The molecule has 0 aromatic heterocycles. The molecule has 1 unspecified atom stereocenters. The van der Waals surface area contributed by atoms with E-state index in [2.05, 4.69) is 5.32 Å². The number of nitrogens with two attached hydrogens (primary N) is 1. The highest BCUT2D eigenvalue weighted by atomic mass is 16.3. The zero-order valence-electron chi connectivity index (χ0n) is 11.3. The number of phenols is 1. The third-order valence-corrected chi connectivity index (χ3v) is 3.44. The number of rotatable bonds is 5. The fourth-order valence-electron chi connectivity index (χ4n) is 2.26. The van der Waals surface area contributed by atoms with Crippen molar-refractivity contribution < 1.29 is 9.90 Å². The number of carbonyl (C=O) groups excluding carboxylic acids is 1. The molecule has 4 heteroatoms. The lowest BCUT2D eigenvalue weighted by Crippen LogP contribution is -2.47. The Labute approximate surface area is 118 Å². The van der Waals surface area contributed by atoms with Crippen molar-refractivity contribution in [1.82, 2.24) is 0 Å². The first-order valence-electron chi connectivity index (χ1n) is 6.51. The van der Waals surface area contributed by atoms with Gasteiger partial charge in [0.15, 0.2) is 0 Å². The summed E-state index contributed by atoms with van der Waals surface area (Å²) in [5.41, 5.74) is 6.20. The van der Waals surface area contributed by atoms with Crippen molar-refractivity contribution in [3.8, 4) is 5.75 Å². The SMILES string of the molecule is CCC(Nc1ccccc1)(C(N)=O)c1ccc(O)cc1. The lowest BCUT2D eigenvalue weighted by Gasteiger charge is -2.32. The van der Waals surface area contributed by atoms with Gasteiger partial charge in [-0.1, -0.05) is 37.3 Å². The van der Waals surface area contributed by atoms with Gasteiger partial charge >= 0.3 is 0 Å². The Morgan fingerprint density at radius 2 is 1.75 bits per heavy atom. The Morgan fingerprint density at radius 1 is 1.15 bits per heavy atom. The Hall–Kier alpha value is -2.49. The second-order valence-electron chi connectivity index (χ2n) is 4.66. The molecule has 1 atom stereocenters. The van der Waals surface area contributed by atoms with E-state index < -0.39 is 11.4 Å². The zero-order chi connectivity index (χ0) is 14.6. The van der Waals surface area contributed by atoms with Crippen LogP contribution >= 0.6 is 0 Å². The summed E-state index contributed by atoms with van der Waals surface area (Å²) in [7, 11) is 0. The van der Waals surface area contributed by atoms with E-state index in [9.17, 15) is 9.90 Å². The summed E-state index contributed by atoms with van der Waals surface area (Å²) in [5.74, 6) is -0.294. The van der Waals surface area contributed by atoms with E-state index in [1.165, 1.54) is 0 Å². The first kappa shape index (κ1) is 13.9. The van der Waals surface area contributed by atoms with Gasteiger partial charge in [-0.25, -0.2) is 0 Å². The molecule has 0 aliphatic rings. The van der Waals surface area contributed by atoms with Gasteiger partial charge in [-0.05, 0) is 36.2 Å². The number of hydrogen-bond donors (Lipinski definition) is 3. The van der Waals surface area contributed by atoms with Crippen LogP contribution < -0.4 is 11.1 Å². The van der Waals surface area contributed by atoms with Crippen LogP contribution in [0.25, 0.3) is 0 Å². The summed E-state index contributed by atoms with van der Waals surface area (Å²) < 4.78 is 0. The van der Waals surface area contributed by atoms with Gasteiger partial charge in [0.25, 0.3) is 0 Å². The van der Waals surface area contributed by atoms with Crippen LogP contribution in [-0.4, -0.2) is 11.0 Å². The number of nitrogens with one attached hydrogen (secondary N) is 1. The number of aromatic hydroxyl groups is 1. The number of primary amides is 1. The average Bonchev–Trinajstić information content (AvgIpc) is 2.46. The van der Waals surface area contributed by atoms with Gasteiger partial charge in [0, 0.05) is 5.69 Å². The van der Waals surface area contributed by atoms with E-state index in [1.807, 2.05) is 37.3 Å². The first-order valence-corrected chi connectivity index (χ1v) is 6.51. The smallest absolute Gasteiger partial charge is 0.247 e. The predicted octanol–water partition coefficient (Wildman–Crippen LogP) is 2.59. The van der Waals surface area contributed by atoms with Crippen molar-refractivity contribution in [3.05, 3.63) is 60.2 Å². The number of phenolic OH excluding ortho intramolecular Hbond substituents is 1. The molecule has 0 spiro atoms. The Balaban J connectivity index is 2.45. The van der Waals surface area contributed by atoms with Gasteiger partial charge in [0.05, 0.1) is 0 Å². The second-order valence-corrected chi connectivity index (χ2v) is 4.66. The summed E-state index contributed by atoms with van der Waals surface area (Å²) in [5, 5.41) is 12.6. The molecule has 0 fully saturated rings. The van der Waals surface area contributed by atoms with Gasteiger partial charge in [-0.15, -0.1) is 0 Å². The maximum atomic E-state index is 12.0. The van der Waals surface area contributed by atoms with E-state index in [-0.39, 0.29) is 5.75 Å². The monoisotopic (exact) mass is 270 g/mol. The predicted molar refractivity (Wildman–Crippen MR) is 79.3 cm³/mol. The van der Waals surface area contributed by atoms with E-state index in [4.69, 9.17) is 5.73 Å². The van der Waals surface area contributed by atoms with Crippen molar-refractivity contribution in [2.24, 2.45) is 5.73 Å². The minimum absolute atomic E-state index is 0.155. The normalized spacial score (nSPS) is 13.4. The molecule has 2 aromatic rings. The van der Waals surface area contributed by atoms with Gasteiger partial charge in [-0.2, -0.15) is 0 Å². The zero-order valence-corrected chi connectivity index (χ0v) is 11.3. The molecule has 0 bridgehead atoms. The Bertz CT molecular complexity index is 581. The highest BCUT2D eigenvalue weighted by Crippen LogP contribution is 2.30. The number of hydrogen-bond acceptors (Lipinski definition) is 3. The maximum Gasteiger partial charge on any atom is 0.247 e. The minimum atomic E-state index is -0.991. The van der Waals surface area contributed by atoms with E-state index >= 15 is 0 Å². The van der Waals surface area contributed by atoms with Crippen LogP contribution in [0.5, 0.6) is 5.75 Å². The van der Waals surface area contributed by atoms with Crippen molar-refractivity contribution >= 4 is 11.6 Å². The molecule has 2 rings (SSSR count). The largest absolute Gasteiger partial charge is 0.508 e. The molecular weight excluding hydrogens is 252 g/mol. The molecule has 20 heavy (non-hydrogen) atoms. The summed E-state index contributed by atoms with van der Waals surface area (Å²) >= 11 is 0. The summed E-state index contributed by atoms with van der Waals surface area (Å²) in [6, 6.07) is 16.0. The molecule has 0 saturated carbocycles. The fourth-order valence-corrected chi connectivity index (χ4v) is 2.26. The van der Waals surface area contributed by atoms with Crippen molar-refractivity contribution in [2.75, 3.05) is 5.32 Å². The molecule has 4 N–H and O–H groups in total. The highest BCUT2D eigenvalue weighted by molar-refractivity contribution is 5.89. The minimum Gasteiger partial charge on any atom is -0.508 e. The van der Waals surface area contributed by atoms with Crippen molar-refractivity contribution in [3.63, 3.8) is 0 Å². The lowest BCUT2D eigenvalue weighted by molar-refractivity contribution is -0.122. The van der Waals surface area contributed by atoms with Gasteiger partial charge in [0.1, 0.15) is 11.3 Å². The van der Waals surface area contributed by atoms with Crippen LogP contribution in [0.4, 0.5) is 5.69 Å². The number of amides is 1. The molecule has 1 amide bonds. The quantitative estimate of drug-likeness (QED) is 0.781. The average molecular weight is 270 g/mol. The molecule has 0 aliphatic carbocycles. The number of anilines is 1. The van der Waals surface area contributed by atoms with Crippen molar-refractivity contribution in [1.29, 1.82) is 0 Å². The Morgan fingerprint density at radius 3 is 2.25 bits per heavy atom. The van der Waals surface area contributed by atoms with E-state index in [1.54, 1.807) is 24.3 Å². The van der Waals surface area contributed by atoms with Crippen LogP contribution in [0.1, 0.15) is 18.9 Å².